The molecule has 71 heavy (non-hydrogen) atoms. The summed E-state index contributed by atoms with van der Waals surface area (Å²) in [4.78, 5) is 67.0. The number of benzene rings is 3. The van der Waals surface area contributed by atoms with E-state index in [-0.39, 0.29) is 78.2 Å². The van der Waals surface area contributed by atoms with Gasteiger partial charge in [0.25, 0.3) is 5.91 Å². The Morgan fingerprint density at radius 3 is 2.23 bits per heavy atom. The van der Waals surface area contributed by atoms with Gasteiger partial charge in [-0.15, -0.1) is 11.3 Å². The predicted molar refractivity (Wildman–Crippen MR) is 276 cm³/mol. The molecule has 2 bridgehead atoms. The highest BCUT2D eigenvalue weighted by Gasteiger charge is 2.64. The van der Waals surface area contributed by atoms with Crippen LogP contribution in [0.3, 0.4) is 0 Å². The number of aryl methyl sites for hydroxylation is 2. The predicted octanol–water partition coefficient (Wildman–Crippen LogP) is 7.32. The maximum absolute atomic E-state index is 14.3. The van der Waals surface area contributed by atoms with Crippen molar-refractivity contribution in [1.82, 2.24) is 35.6 Å². The number of nitriles is 1. The second-order valence-corrected chi connectivity index (χ2v) is 23.7. The van der Waals surface area contributed by atoms with Gasteiger partial charge in [0.2, 0.25) is 17.7 Å². The van der Waals surface area contributed by atoms with Gasteiger partial charge < -0.3 is 30.7 Å². The minimum atomic E-state index is -0.895. The van der Waals surface area contributed by atoms with E-state index in [1.54, 1.807) is 29.5 Å². The normalized spacial score (nSPS) is 24.4. The van der Waals surface area contributed by atoms with Gasteiger partial charge in [0.15, 0.2) is 0 Å². The summed E-state index contributed by atoms with van der Waals surface area (Å²) in [6.07, 6.45) is 1.90. The van der Waals surface area contributed by atoms with E-state index < -0.39 is 23.6 Å². The van der Waals surface area contributed by atoms with Crippen LogP contribution in [0.15, 0.2) is 72.2 Å². The van der Waals surface area contributed by atoms with Crippen molar-refractivity contribution in [2.45, 2.75) is 136 Å². The molecule has 8 rings (SSSR count). The number of aliphatic hydroxyl groups excluding tert-OH is 1. The van der Waals surface area contributed by atoms with Gasteiger partial charge in [0.05, 0.1) is 45.4 Å². The Balaban J connectivity index is 0.777. The Hall–Kier alpha value is -5.37. The second-order valence-electron chi connectivity index (χ2n) is 22.5. The number of thiazole rings is 1. The number of likely N-dealkylation sites (tertiary alicyclic amines) is 3. The Kier molecular flexibility index (Phi) is 15.1. The summed E-state index contributed by atoms with van der Waals surface area (Å²) < 4.78 is 6.39. The summed E-state index contributed by atoms with van der Waals surface area (Å²) in [5.41, 5.74) is 5.56. The Labute approximate surface area is 427 Å². The Morgan fingerprint density at radius 1 is 0.944 bits per heavy atom. The summed E-state index contributed by atoms with van der Waals surface area (Å²) in [6, 6.07) is 21.4. The van der Waals surface area contributed by atoms with E-state index in [0.29, 0.717) is 27.9 Å². The van der Waals surface area contributed by atoms with Gasteiger partial charge in [-0.1, -0.05) is 96.5 Å². The first-order valence-electron chi connectivity index (χ1n) is 24.9. The molecule has 16 heteroatoms. The Bertz CT molecular complexity index is 2640. The number of hydrogen-bond acceptors (Lipinski definition) is 11. The van der Waals surface area contributed by atoms with Gasteiger partial charge in [0, 0.05) is 66.6 Å². The number of ether oxygens (including phenoxy) is 1. The number of nitrogens with one attached hydrogen (secondary N) is 3. The van der Waals surface area contributed by atoms with Gasteiger partial charge >= 0.3 is 0 Å². The topological polar surface area (TPSA) is 180 Å². The van der Waals surface area contributed by atoms with E-state index in [4.69, 9.17) is 16.3 Å². The molecule has 1 aliphatic carbocycles. The molecule has 0 spiro atoms. The van der Waals surface area contributed by atoms with Crippen molar-refractivity contribution in [3.05, 3.63) is 105 Å². The van der Waals surface area contributed by atoms with Gasteiger partial charge in [-0.3, -0.25) is 29.0 Å². The van der Waals surface area contributed by atoms with Crippen LogP contribution in [0, 0.1) is 34.5 Å². The zero-order valence-electron chi connectivity index (χ0n) is 42.4. The van der Waals surface area contributed by atoms with Gasteiger partial charge in [-0.25, -0.2) is 4.98 Å². The average molecular weight is 1010 g/mol. The number of nitrogens with zero attached hydrogens (tertiary/aromatic N) is 5. The molecular weight excluding hydrogens is 936 g/mol. The van der Waals surface area contributed by atoms with Crippen molar-refractivity contribution in [2.75, 3.05) is 32.7 Å². The summed E-state index contributed by atoms with van der Waals surface area (Å²) >= 11 is 7.85. The highest BCUT2D eigenvalue weighted by molar-refractivity contribution is 7.13. The molecule has 1 saturated carbocycles. The quantitative estimate of drug-likeness (QED) is 0.0889. The first-order chi connectivity index (χ1) is 33.5. The van der Waals surface area contributed by atoms with Crippen LogP contribution in [-0.2, 0) is 20.8 Å². The fourth-order valence-corrected chi connectivity index (χ4v) is 12.8. The zero-order chi connectivity index (χ0) is 51.2. The molecule has 4 amide bonds. The number of hydrogen-bond donors (Lipinski definition) is 4. The van der Waals surface area contributed by atoms with Crippen molar-refractivity contribution in [1.29, 1.82) is 5.26 Å². The third-order valence-electron chi connectivity index (χ3n) is 15.4. The molecule has 3 saturated heterocycles. The van der Waals surface area contributed by atoms with Crippen LogP contribution in [0.1, 0.15) is 113 Å². The fraction of sp³-hybridized carbons (Fsp3) is 0.527. The summed E-state index contributed by atoms with van der Waals surface area (Å²) in [5, 5.41) is 29.7. The molecule has 0 radical (unpaired) electrons. The summed E-state index contributed by atoms with van der Waals surface area (Å²) in [5.74, 6) is -0.478. The maximum atomic E-state index is 14.3. The van der Waals surface area contributed by atoms with Crippen molar-refractivity contribution in [2.24, 2.45) is 16.2 Å². The van der Waals surface area contributed by atoms with Crippen molar-refractivity contribution in [3.63, 3.8) is 0 Å². The summed E-state index contributed by atoms with van der Waals surface area (Å²) in [7, 11) is 0. The smallest absolute Gasteiger partial charge is 0.251 e. The van der Waals surface area contributed by atoms with Gasteiger partial charge in [-0.05, 0) is 86.0 Å². The van der Waals surface area contributed by atoms with E-state index >= 15 is 0 Å². The number of halogens is 1. The van der Waals surface area contributed by atoms with E-state index in [1.807, 2.05) is 88.7 Å². The monoisotopic (exact) mass is 1000 g/mol. The molecule has 1 aromatic heterocycles. The van der Waals surface area contributed by atoms with E-state index in [0.717, 1.165) is 60.6 Å². The molecule has 4 N–H and O–H groups in total. The number of carbonyl (C=O) groups is 4. The van der Waals surface area contributed by atoms with Crippen LogP contribution in [0.4, 0.5) is 0 Å². The minimum absolute atomic E-state index is 0.0146. The number of carbonyl (C=O) groups excluding carboxylic acids is 4. The SMILES string of the molecule is Cc1ncsc1-c1ccc([C@H](C)NC(=O)[C@@H]2C[C@@H](O)CN2C(=O)[C@@H](NC(=O)CN2C[C@H]3C[C@@H]2CN3CCCc2ccc(C(=O)NC3C(C)(C)C(Oc4ccc(C#N)c(Cl)c4)C3(C)C)cc2)C(C)(C)C)cc1. The number of aromatic nitrogens is 1. The van der Waals surface area contributed by atoms with Crippen molar-refractivity contribution in [3.8, 4) is 22.3 Å². The molecular formula is C55H69ClN8O6S. The lowest BCUT2D eigenvalue weighted by molar-refractivity contribution is -0.164. The minimum Gasteiger partial charge on any atom is -0.489 e. The molecule has 3 aromatic carbocycles. The number of fused-ring (bicyclic) bond motifs is 2. The molecule has 4 aliphatic rings. The Morgan fingerprint density at radius 2 is 1.62 bits per heavy atom. The lowest BCUT2D eigenvalue weighted by Gasteiger charge is -2.63. The van der Waals surface area contributed by atoms with E-state index in [2.05, 4.69) is 64.5 Å². The van der Waals surface area contributed by atoms with Crippen LogP contribution in [0.2, 0.25) is 5.02 Å². The van der Waals surface area contributed by atoms with Crippen LogP contribution >= 0.6 is 22.9 Å². The van der Waals surface area contributed by atoms with Crippen LogP contribution < -0.4 is 20.7 Å². The lowest BCUT2D eigenvalue weighted by Crippen LogP contribution is -2.74. The first kappa shape index (κ1) is 52.0. The highest BCUT2D eigenvalue weighted by Crippen LogP contribution is 2.55. The number of amides is 4. The number of rotatable bonds is 16. The zero-order valence-corrected chi connectivity index (χ0v) is 44.0. The van der Waals surface area contributed by atoms with E-state index in [1.165, 1.54) is 10.5 Å². The molecule has 0 unspecified atom stereocenters. The first-order valence-corrected chi connectivity index (χ1v) is 26.1. The molecule has 4 fully saturated rings. The molecule has 3 aliphatic heterocycles. The standard InChI is InChI=1S/C55H69ClN8O6S/c1-32(35-16-18-36(19-17-35)46-33(2)58-31-71-46)59-49(68)44-24-41(65)29-64(44)50(69)47(53(3,4)5)60-45(66)30-63-28-39-23-40(63)27-62(39)22-10-11-34-12-14-37(15-13-34)48(67)61-51-54(6,7)52(55(51,8)9)70-42-21-20-38(26-57)43(56)25-42/h12-21,25,31-32,39-41,44,47,51-52,65H,10-11,22-24,27-30H2,1-9H3,(H,59,68)(H,60,66)(H,61,67)/t32-,39+,40+,41+,44-,47+,51?,52?/m0/s1. The largest absolute Gasteiger partial charge is 0.489 e. The molecule has 378 valence electrons. The number of aliphatic hydroxyl groups is 1. The third-order valence-corrected chi connectivity index (χ3v) is 16.7. The van der Waals surface area contributed by atoms with Crippen LogP contribution in [0.25, 0.3) is 10.4 Å². The number of β-amino-alcohol motifs (C(OH)–C–C–N with tert-alkyl or cyclic N) is 1. The van der Waals surface area contributed by atoms with Crippen LogP contribution in [-0.4, -0.2) is 124 Å². The lowest BCUT2D eigenvalue weighted by atomic mass is 9.49. The third kappa shape index (κ3) is 11.0. The average Bonchev–Trinajstić information content (AvgIpc) is 4.13. The second kappa shape index (κ2) is 20.6. The highest BCUT2D eigenvalue weighted by atomic mass is 35.5. The van der Waals surface area contributed by atoms with Gasteiger partial charge in [-0.2, -0.15) is 5.26 Å². The maximum Gasteiger partial charge on any atom is 0.251 e. The van der Waals surface area contributed by atoms with Crippen LogP contribution in [0.5, 0.6) is 5.75 Å². The molecule has 6 atom stereocenters. The van der Waals surface area contributed by atoms with Gasteiger partial charge in [0.1, 0.15) is 30.0 Å². The summed E-state index contributed by atoms with van der Waals surface area (Å²) in [6.45, 7) is 20.7. The molecule has 4 heterocycles. The molecule has 4 aromatic rings. The number of piperazine rings is 1. The van der Waals surface area contributed by atoms with Crippen molar-refractivity contribution >= 4 is 46.6 Å². The van der Waals surface area contributed by atoms with E-state index in [9.17, 15) is 29.5 Å². The molecule has 14 nitrogen and oxygen atoms in total. The van der Waals surface area contributed by atoms with Crippen molar-refractivity contribution < 1.29 is 29.0 Å². The fourth-order valence-electron chi connectivity index (χ4n) is 11.8.